The van der Waals surface area contributed by atoms with Gasteiger partial charge in [0.25, 0.3) is 0 Å². The zero-order chi connectivity index (χ0) is 18.7. The van der Waals surface area contributed by atoms with Crippen molar-refractivity contribution in [1.29, 1.82) is 0 Å². The smallest absolute Gasteiger partial charge is 0.247 e. The van der Waals surface area contributed by atoms with E-state index in [0.29, 0.717) is 11.2 Å². The summed E-state index contributed by atoms with van der Waals surface area (Å²) in [6, 6.07) is 4.36. The van der Waals surface area contributed by atoms with E-state index >= 15 is 0 Å². The number of amides is 3. The maximum atomic E-state index is 12.8. The van der Waals surface area contributed by atoms with E-state index in [2.05, 4.69) is 15.3 Å². The lowest BCUT2D eigenvalue weighted by molar-refractivity contribution is -0.146. The zero-order valence-corrected chi connectivity index (χ0v) is 14.7. The topological polar surface area (TPSA) is 92.3 Å². The van der Waals surface area contributed by atoms with Crippen molar-refractivity contribution in [2.75, 3.05) is 5.32 Å². The van der Waals surface area contributed by atoms with Crippen LogP contribution in [0, 0.1) is 23.7 Å². The quantitative estimate of drug-likeness (QED) is 0.663. The number of nitrogens with zero attached hydrogens (tertiary/aromatic N) is 3. The molecule has 5 rings (SSSR count). The molecule has 0 spiro atoms. The van der Waals surface area contributed by atoms with Crippen LogP contribution in [-0.2, 0) is 14.4 Å². The molecule has 1 N–H and O–H groups in total. The van der Waals surface area contributed by atoms with Gasteiger partial charge in [-0.1, -0.05) is 12.2 Å². The van der Waals surface area contributed by atoms with E-state index in [1.165, 1.54) is 0 Å². The zero-order valence-electron chi connectivity index (χ0n) is 14.7. The van der Waals surface area contributed by atoms with Crippen molar-refractivity contribution < 1.29 is 14.4 Å². The number of allylic oxidation sites excluding steroid dienone is 2. The number of nitrogens with one attached hydrogen (secondary N) is 1. The fraction of sp³-hybridized carbons (Fsp3) is 0.350. The molecule has 3 aliphatic rings. The van der Waals surface area contributed by atoms with Crippen LogP contribution < -0.4 is 5.32 Å². The standard InChI is InChI=1S/C20H18N4O3/c1-10(18(25)23-13-4-5-14-15(9-13)22-7-6-21-14)24-19(26)16-11-2-3-12(8-11)17(16)20(24)27/h2-7,9-12,16-17H,8H2,1H3,(H,23,25)/t10-,11-,12-,16-,17+/m0/s1. The van der Waals surface area contributed by atoms with Gasteiger partial charge in [0.15, 0.2) is 0 Å². The average Bonchev–Trinajstić information content (AvgIpc) is 3.35. The molecule has 1 saturated heterocycles. The number of fused-ring (bicyclic) bond motifs is 6. The number of anilines is 1. The molecule has 1 aromatic heterocycles. The van der Waals surface area contributed by atoms with Crippen molar-refractivity contribution in [3.8, 4) is 0 Å². The third-order valence-electron chi connectivity index (χ3n) is 6.01. The molecule has 7 nitrogen and oxygen atoms in total. The maximum Gasteiger partial charge on any atom is 0.247 e. The van der Waals surface area contributed by atoms with Crippen molar-refractivity contribution in [2.24, 2.45) is 23.7 Å². The highest BCUT2D eigenvalue weighted by Crippen LogP contribution is 2.52. The van der Waals surface area contributed by atoms with Crippen LogP contribution in [0.25, 0.3) is 11.0 Å². The molecule has 2 aromatic rings. The lowest BCUT2D eigenvalue weighted by Gasteiger charge is -2.23. The Bertz CT molecular complexity index is 987. The fourth-order valence-corrected chi connectivity index (χ4v) is 4.71. The predicted octanol–water partition coefficient (Wildman–Crippen LogP) is 1.76. The van der Waals surface area contributed by atoms with Gasteiger partial charge in [-0.2, -0.15) is 0 Å². The molecule has 5 atom stereocenters. The Morgan fingerprint density at radius 3 is 2.37 bits per heavy atom. The highest BCUT2D eigenvalue weighted by Gasteiger charge is 2.60. The first-order valence-corrected chi connectivity index (χ1v) is 9.11. The van der Waals surface area contributed by atoms with E-state index < -0.39 is 6.04 Å². The average molecular weight is 362 g/mol. The van der Waals surface area contributed by atoms with Crippen LogP contribution in [0.3, 0.4) is 0 Å². The molecule has 7 heteroatoms. The van der Waals surface area contributed by atoms with Gasteiger partial charge in [0.2, 0.25) is 17.7 Å². The number of hydrogen-bond acceptors (Lipinski definition) is 5. The highest BCUT2D eigenvalue weighted by molar-refractivity contribution is 6.10. The maximum absolute atomic E-state index is 12.8. The van der Waals surface area contributed by atoms with Crippen molar-refractivity contribution in [2.45, 2.75) is 19.4 Å². The third-order valence-corrected chi connectivity index (χ3v) is 6.01. The van der Waals surface area contributed by atoms with Gasteiger partial charge in [-0.15, -0.1) is 0 Å². The minimum Gasteiger partial charge on any atom is -0.324 e. The molecule has 0 unspecified atom stereocenters. The normalized spacial score (nSPS) is 29.4. The lowest BCUT2D eigenvalue weighted by atomic mass is 9.85. The molecular weight excluding hydrogens is 344 g/mol. The highest BCUT2D eigenvalue weighted by atomic mass is 16.2. The first-order chi connectivity index (χ1) is 13.0. The molecule has 27 heavy (non-hydrogen) atoms. The minimum atomic E-state index is -0.854. The number of likely N-dealkylation sites (tertiary alicyclic amines) is 1. The van der Waals surface area contributed by atoms with Crippen LogP contribution in [0.5, 0.6) is 0 Å². The summed E-state index contributed by atoms with van der Waals surface area (Å²) in [4.78, 5) is 48.0. The summed E-state index contributed by atoms with van der Waals surface area (Å²) in [5.74, 6) is -1.13. The summed E-state index contributed by atoms with van der Waals surface area (Å²) >= 11 is 0. The first-order valence-electron chi connectivity index (χ1n) is 9.11. The van der Waals surface area contributed by atoms with Crippen LogP contribution in [0.1, 0.15) is 13.3 Å². The number of hydrogen-bond donors (Lipinski definition) is 1. The van der Waals surface area contributed by atoms with E-state index in [9.17, 15) is 14.4 Å². The van der Waals surface area contributed by atoms with Gasteiger partial charge in [-0.25, -0.2) is 0 Å². The second kappa shape index (κ2) is 5.70. The number of carbonyl (C=O) groups excluding carboxylic acids is 3. The van der Waals surface area contributed by atoms with Crippen molar-refractivity contribution in [3.05, 3.63) is 42.7 Å². The minimum absolute atomic E-state index is 0.135. The molecule has 2 aliphatic carbocycles. The second-order valence-electron chi connectivity index (χ2n) is 7.47. The van der Waals surface area contributed by atoms with Crippen molar-refractivity contribution in [1.82, 2.24) is 14.9 Å². The Balaban J connectivity index is 1.36. The second-order valence-corrected chi connectivity index (χ2v) is 7.47. The number of imide groups is 1. The van der Waals surface area contributed by atoms with Gasteiger partial charge < -0.3 is 5.32 Å². The number of rotatable bonds is 3. The molecule has 1 saturated carbocycles. The molecule has 136 valence electrons. The van der Waals surface area contributed by atoms with Crippen LogP contribution in [0.4, 0.5) is 5.69 Å². The SMILES string of the molecule is C[C@@H](C(=O)Nc1ccc2nccnc2c1)N1C(=O)[C@@H]2[C@H](C1=O)[C@H]1C=C[C@H]2C1. The number of carbonyl (C=O) groups is 3. The molecule has 3 amide bonds. The summed E-state index contributed by atoms with van der Waals surface area (Å²) < 4.78 is 0. The van der Waals surface area contributed by atoms with E-state index in [0.717, 1.165) is 16.8 Å². The van der Waals surface area contributed by atoms with E-state index in [4.69, 9.17) is 0 Å². The van der Waals surface area contributed by atoms with Gasteiger partial charge in [-0.3, -0.25) is 29.3 Å². The van der Waals surface area contributed by atoms with Gasteiger partial charge in [0, 0.05) is 18.1 Å². The van der Waals surface area contributed by atoms with Crippen LogP contribution in [-0.4, -0.2) is 38.6 Å². The summed E-state index contributed by atoms with van der Waals surface area (Å²) in [6.07, 6.45) is 8.15. The Kier molecular flexibility index (Phi) is 3.40. The Labute approximate surface area is 155 Å². The monoisotopic (exact) mass is 362 g/mol. The Morgan fingerprint density at radius 2 is 1.70 bits per heavy atom. The van der Waals surface area contributed by atoms with Crippen LogP contribution in [0.2, 0.25) is 0 Å². The van der Waals surface area contributed by atoms with Gasteiger partial charge in [0.05, 0.1) is 22.9 Å². The number of benzene rings is 1. The van der Waals surface area contributed by atoms with Crippen molar-refractivity contribution >= 4 is 34.4 Å². The molecule has 2 fully saturated rings. The van der Waals surface area contributed by atoms with Crippen molar-refractivity contribution in [3.63, 3.8) is 0 Å². The summed E-state index contributed by atoms with van der Waals surface area (Å²) in [7, 11) is 0. The molecule has 0 radical (unpaired) electrons. The molecule has 1 aromatic carbocycles. The van der Waals surface area contributed by atoms with E-state index in [-0.39, 0.29) is 41.4 Å². The van der Waals surface area contributed by atoms with Gasteiger partial charge in [-0.05, 0) is 43.4 Å². The largest absolute Gasteiger partial charge is 0.324 e. The third kappa shape index (κ3) is 2.31. The summed E-state index contributed by atoms with van der Waals surface area (Å²) in [6.45, 7) is 1.60. The van der Waals surface area contributed by atoms with E-state index in [1.54, 1.807) is 37.5 Å². The summed E-state index contributed by atoms with van der Waals surface area (Å²) in [5.41, 5.74) is 1.94. The van der Waals surface area contributed by atoms with Gasteiger partial charge >= 0.3 is 0 Å². The lowest BCUT2D eigenvalue weighted by Crippen LogP contribution is -2.46. The molecule has 2 heterocycles. The molecule has 2 bridgehead atoms. The van der Waals surface area contributed by atoms with Crippen LogP contribution in [0.15, 0.2) is 42.7 Å². The Hall–Kier alpha value is -3.09. The van der Waals surface area contributed by atoms with E-state index in [1.807, 2.05) is 12.2 Å². The van der Waals surface area contributed by atoms with Gasteiger partial charge in [0.1, 0.15) is 6.04 Å². The Morgan fingerprint density at radius 1 is 1.07 bits per heavy atom. The fourth-order valence-electron chi connectivity index (χ4n) is 4.71. The molecule has 1 aliphatic heterocycles. The predicted molar refractivity (Wildman–Crippen MR) is 97.2 cm³/mol. The molecular formula is C20H18N4O3. The number of aromatic nitrogens is 2. The summed E-state index contributed by atoms with van der Waals surface area (Å²) in [5, 5.41) is 2.79. The first kappa shape index (κ1) is 16.1. The van der Waals surface area contributed by atoms with Crippen LogP contribution >= 0.6 is 0 Å².